The first kappa shape index (κ1) is 16.2. The average molecular weight is 287 g/mol. The van der Waals surface area contributed by atoms with Crippen LogP contribution in [0.1, 0.15) is 32.6 Å². The maximum Gasteiger partial charge on any atom is 0.194 e. The van der Waals surface area contributed by atoms with Gasteiger partial charge in [-0.3, -0.25) is 9.36 Å². The van der Waals surface area contributed by atoms with Crippen molar-refractivity contribution in [2.45, 2.75) is 20.8 Å². The number of carbonyl (C=O) groups is 1. The Morgan fingerprint density at radius 1 is 1.00 bits per heavy atom. The van der Waals surface area contributed by atoms with Crippen molar-refractivity contribution in [1.29, 1.82) is 0 Å². The van der Waals surface area contributed by atoms with Crippen molar-refractivity contribution >= 4 is 19.5 Å². The quantitative estimate of drug-likeness (QED) is 0.687. The normalized spacial score (nSPS) is 10.2. The summed E-state index contributed by atoms with van der Waals surface area (Å²) in [6, 6.07) is 11.0. The molecule has 0 heterocycles. The lowest BCUT2D eigenvalue weighted by Gasteiger charge is -2.11. The van der Waals surface area contributed by atoms with Gasteiger partial charge in [-0.1, -0.05) is 29.8 Å². The fourth-order valence-electron chi connectivity index (χ4n) is 2.42. The van der Waals surface area contributed by atoms with Crippen LogP contribution in [0.5, 0.6) is 0 Å². The lowest BCUT2D eigenvalue weighted by atomic mass is 9.93. The molecule has 2 aromatic rings. The molecule has 0 bridgehead atoms. The number of rotatable bonds is 3. The van der Waals surface area contributed by atoms with Crippen molar-refractivity contribution in [2.24, 2.45) is 0 Å². The Morgan fingerprint density at radius 2 is 1.55 bits per heavy atom. The number of hydrogen-bond donors (Lipinski definition) is 1. The van der Waals surface area contributed by atoms with Crippen molar-refractivity contribution in [3.05, 3.63) is 64.2 Å². The molecule has 0 radical (unpaired) electrons. The predicted molar refractivity (Wildman–Crippen MR) is 82.8 cm³/mol. The summed E-state index contributed by atoms with van der Waals surface area (Å²) < 4.78 is 11.1. The molecule has 0 aromatic heterocycles. The monoisotopic (exact) mass is 287 g/mol. The molecule has 104 valence electrons. The Morgan fingerprint density at radius 3 is 2.10 bits per heavy atom. The zero-order valence-corrected chi connectivity index (χ0v) is 12.8. The van der Waals surface area contributed by atoms with E-state index in [4.69, 9.17) is 0 Å². The van der Waals surface area contributed by atoms with Crippen LogP contribution >= 0.6 is 8.46 Å². The fraction of sp³-hybridized carbons (Fsp3) is 0.188. The highest BCUT2D eigenvalue weighted by atomic mass is 31.1. The first-order valence-corrected chi connectivity index (χ1v) is 6.90. The molecule has 3 N–H and O–H groups in total. The minimum absolute atomic E-state index is 0. The third kappa shape index (κ3) is 3.01. The SMILES string of the molecule is Cc1cc(C)c(C(=O)c2ccccc2P=O)c(C)c1.N. The Balaban J connectivity index is 0.00000200. The van der Waals surface area contributed by atoms with E-state index in [2.05, 4.69) is 0 Å². The predicted octanol–water partition coefficient (Wildman–Crippen LogP) is 3.92. The molecule has 0 aliphatic rings. The van der Waals surface area contributed by atoms with E-state index < -0.39 is 0 Å². The number of carbonyl (C=O) groups excluding carboxylic acids is 1. The fourth-order valence-corrected chi connectivity index (χ4v) is 2.84. The summed E-state index contributed by atoms with van der Waals surface area (Å²) in [6.45, 7) is 5.88. The maximum atomic E-state index is 12.6. The molecule has 0 atom stereocenters. The van der Waals surface area contributed by atoms with Gasteiger partial charge in [0.15, 0.2) is 14.2 Å². The van der Waals surface area contributed by atoms with Crippen LogP contribution < -0.4 is 11.5 Å². The van der Waals surface area contributed by atoms with Crippen molar-refractivity contribution in [3.8, 4) is 0 Å². The first-order chi connectivity index (χ1) is 9.04. The van der Waals surface area contributed by atoms with Gasteiger partial charge in [-0.15, -0.1) is 0 Å². The molecular weight excluding hydrogens is 269 g/mol. The van der Waals surface area contributed by atoms with Gasteiger partial charge in [0.2, 0.25) is 0 Å². The summed E-state index contributed by atoms with van der Waals surface area (Å²) in [5.41, 5.74) is 4.28. The second kappa shape index (κ2) is 6.56. The third-order valence-corrected chi connectivity index (χ3v) is 3.74. The summed E-state index contributed by atoms with van der Waals surface area (Å²) in [4.78, 5) is 12.6. The molecule has 2 aromatic carbocycles. The van der Waals surface area contributed by atoms with Gasteiger partial charge in [-0.05, 0) is 44.0 Å². The minimum atomic E-state index is -0.125. The van der Waals surface area contributed by atoms with Crippen LogP contribution in [0.25, 0.3) is 0 Å². The standard InChI is InChI=1S/C16H15O2P.H3N/c1-10-8-11(2)15(12(3)9-10)16(17)13-6-4-5-7-14(13)19-18;/h4-9H,1-3H3;1H3. The van der Waals surface area contributed by atoms with Crippen LogP contribution in [-0.4, -0.2) is 5.78 Å². The van der Waals surface area contributed by atoms with Crippen LogP contribution in [0.4, 0.5) is 0 Å². The summed E-state index contributed by atoms with van der Waals surface area (Å²) in [5, 5.41) is 0.534. The van der Waals surface area contributed by atoms with E-state index in [-0.39, 0.29) is 20.4 Å². The lowest BCUT2D eigenvalue weighted by Crippen LogP contribution is -2.13. The van der Waals surface area contributed by atoms with E-state index in [0.29, 0.717) is 16.4 Å². The zero-order chi connectivity index (χ0) is 14.0. The van der Waals surface area contributed by atoms with Crippen molar-refractivity contribution in [2.75, 3.05) is 0 Å². The van der Waals surface area contributed by atoms with E-state index in [0.717, 1.165) is 16.7 Å². The molecule has 20 heavy (non-hydrogen) atoms. The van der Waals surface area contributed by atoms with E-state index >= 15 is 0 Å². The molecule has 2 rings (SSSR count). The van der Waals surface area contributed by atoms with Crippen molar-refractivity contribution < 1.29 is 9.36 Å². The molecule has 0 aliphatic carbocycles. The minimum Gasteiger partial charge on any atom is -0.344 e. The Hall–Kier alpha value is -1.83. The number of hydrogen-bond acceptors (Lipinski definition) is 3. The van der Waals surface area contributed by atoms with Crippen LogP contribution in [0.2, 0.25) is 0 Å². The zero-order valence-electron chi connectivity index (χ0n) is 11.9. The average Bonchev–Trinajstić information content (AvgIpc) is 2.37. The van der Waals surface area contributed by atoms with Crippen molar-refractivity contribution in [1.82, 2.24) is 6.15 Å². The molecule has 4 heteroatoms. The molecule has 0 spiro atoms. The number of aryl methyl sites for hydroxylation is 3. The highest BCUT2D eigenvalue weighted by molar-refractivity contribution is 7.34. The molecular formula is C16H18NO2P. The van der Waals surface area contributed by atoms with E-state index in [1.165, 1.54) is 0 Å². The largest absolute Gasteiger partial charge is 0.344 e. The summed E-state index contributed by atoms with van der Waals surface area (Å²) in [5.74, 6) is -0.0612. The smallest absolute Gasteiger partial charge is 0.194 e. The maximum absolute atomic E-state index is 12.6. The number of benzene rings is 2. The topological polar surface area (TPSA) is 69.1 Å². The van der Waals surface area contributed by atoms with E-state index in [1.807, 2.05) is 32.9 Å². The van der Waals surface area contributed by atoms with Gasteiger partial charge in [0, 0.05) is 11.1 Å². The van der Waals surface area contributed by atoms with Crippen LogP contribution in [0.3, 0.4) is 0 Å². The van der Waals surface area contributed by atoms with Gasteiger partial charge in [0.1, 0.15) is 0 Å². The number of ketones is 1. The first-order valence-electron chi connectivity index (χ1n) is 6.09. The summed E-state index contributed by atoms with van der Waals surface area (Å²) in [6.07, 6.45) is 0. The Bertz CT molecular complexity index is 642. The van der Waals surface area contributed by atoms with Gasteiger partial charge < -0.3 is 6.15 Å². The second-order valence-electron chi connectivity index (χ2n) is 4.71. The van der Waals surface area contributed by atoms with Crippen LogP contribution in [0, 0.1) is 20.8 Å². The van der Waals surface area contributed by atoms with Gasteiger partial charge >= 0.3 is 0 Å². The molecule has 0 fully saturated rings. The Kier molecular flexibility index (Phi) is 5.32. The summed E-state index contributed by atoms with van der Waals surface area (Å²) >= 11 is 0. The van der Waals surface area contributed by atoms with Crippen LogP contribution in [0.15, 0.2) is 36.4 Å². The highest BCUT2D eigenvalue weighted by Gasteiger charge is 2.17. The van der Waals surface area contributed by atoms with Crippen LogP contribution in [-0.2, 0) is 4.57 Å². The van der Waals surface area contributed by atoms with E-state index in [1.54, 1.807) is 24.3 Å². The highest BCUT2D eigenvalue weighted by Crippen LogP contribution is 2.20. The van der Waals surface area contributed by atoms with E-state index in [9.17, 15) is 9.36 Å². The second-order valence-corrected chi connectivity index (χ2v) is 5.38. The van der Waals surface area contributed by atoms with Crippen molar-refractivity contribution in [3.63, 3.8) is 0 Å². The molecule has 0 saturated carbocycles. The van der Waals surface area contributed by atoms with Gasteiger partial charge in [-0.25, -0.2) is 0 Å². The van der Waals surface area contributed by atoms with Gasteiger partial charge in [0.25, 0.3) is 0 Å². The lowest BCUT2D eigenvalue weighted by molar-refractivity contribution is 0.103. The van der Waals surface area contributed by atoms with Gasteiger partial charge in [-0.2, -0.15) is 0 Å². The summed E-state index contributed by atoms with van der Waals surface area (Å²) in [7, 11) is -0.125. The molecule has 0 unspecified atom stereocenters. The molecule has 3 nitrogen and oxygen atoms in total. The van der Waals surface area contributed by atoms with Gasteiger partial charge in [0.05, 0.1) is 5.30 Å². The Labute approximate surface area is 120 Å². The molecule has 0 aliphatic heterocycles. The molecule has 0 saturated heterocycles. The molecule has 0 amide bonds. The third-order valence-electron chi connectivity index (χ3n) is 3.15.